The molecule has 0 radical (unpaired) electrons. The second-order valence-corrected chi connectivity index (χ2v) is 6.89. The average molecular weight is 268 g/mol. The first-order valence-corrected chi connectivity index (χ1v) is 8.27. The smallest absolute Gasteiger partial charge is 0.0616 e. The number of likely N-dealkylation sites (tertiary alicyclic amines) is 1. The van der Waals surface area contributed by atoms with Gasteiger partial charge in [0.15, 0.2) is 0 Å². The Balaban J connectivity index is 1.86. The molecule has 112 valence electrons. The van der Waals surface area contributed by atoms with E-state index in [0.717, 1.165) is 6.42 Å². The Hall–Kier alpha value is -0.120. The summed E-state index contributed by atoms with van der Waals surface area (Å²) in [5, 5.41) is 13.6. The SMILES string of the molecule is CC(C)NC1(CO)CCCC1CCN1CCCCC1. The van der Waals surface area contributed by atoms with Crippen LogP contribution in [0.2, 0.25) is 0 Å². The number of nitrogens with zero attached hydrogens (tertiary/aromatic N) is 1. The molecule has 1 aliphatic carbocycles. The van der Waals surface area contributed by atoms with Gasteiger partial charge in [0, 0.05) is 11.6 Å². The molecule has 1 saturated carbocycles. The number of rotatable bonds is 6. The van der Waals surface area contributed by atoms with Crippen molar-refractivity contribution in [2.75, 3.05) is 26.2 Å². The van der Waals surface area contributed by atoms with Crippen LogP contribution in [0.25, 0.3) is 0 Å². The maximum absolute atomic E-state index is 9.90. The molecule has 0 aromatic heterocycles. The van der Waals surface area contributed by atoms with Crippen molar-refractivity contribution in [3.8, 4) is 0 Å². The molecule has 0 amide bonds. The van der Waals surface area contributed by atoms with E-state index in [0.29, 0.717) is 18.6 Å². The summed E-state index contributed by atoms with van der Waals surface area (Å²) in [6.45, 7) is 8.49. The maximum Gasteiger partial charge on any atom is 0.0616 e. The van der Waals surface area contributed by atoms with Crippen molar-refractivity contribution < 1.29 is 5.11 Å². The van der Waals surface area contributed by atoms with Gasteiger partial charge in [-0.3, -0.25) is 0 Å². The topological polar surface area (TPSA) is 35.5 Å². The van der Waals surface area contributed by atoms with E-state index in [1.54, 1.807) is 0 Å². The monoisotopic (exact) mass is 268 g/mol. The molecule has 2 fully saturated rings. The average Bonchev–Trinajstić information content (AvgIpc) is 2.80. The fourth-order valence-electron chi connectivity index (χ4n) is 4.11. The second-order valence-electron chi connectivity index (χ2n) is 6.89. The van der Waals surface area contributed by atoms with E-state index in [9.17, 15) is 5.11 Å². The molecular formula is C16H32N2O. The van der Waals surface area contributed by atoms with Crippen molar-refractivity contribution >= 4 is 0 Å². The quantitative estimate of drug-likeness (QED) is 0.776. The second kappa shape index (κ2) is 7.05. The Labute approximate surface area is 118 Å². The summed E-state index contributed by atoms with van der Waals surface area (Å²) >= 11 is 0. The van der Waals surface area contributed by atoms with Crippen molar-refractivity contribution in [1.82, 2.24) is 10.2 Å². The lowest BCUT2D eigenvalue weighted by molar-refractivity contribution is 0.101. The summed E-state index contributed by atoms with van der Waals surface area (Å²) in [4.78, 5) is 2.62. The van der Waals surface area contributed by atoms with E-state index >= 15 is 0 Å². The fraction of sp³-hybridized carbons (Fsp3) is 1.00. The van der Waals surface area contributed by atoms with E-state index in [4.69, 9.17) is 0 Å². The summed E-state index contributed by atoms with van der Waals surface area (Å²) < 4.78 is 0. The van der Waals surface area contributed by atoms with Gasteiger partial charge in [0.25, 0.3) is 0 Å². The van der Waals surface area contributed by atoms with Crippen LogP contribution in [0.1, 0.15) is 58.8 Å². The van der Waals surface area contributed by atoms with Gasteiger partial charge in [0.2, 0.25) is 0 Å². The molecular weight excluding hydrogens is 236 g/mol. The number of hydrogen-bond donors (Lipinski definition) is 2. The van der Waals surface area contributed by atoms with Gasteiger partial charge in [-0.2, -0.15) is 0 Å². The van der Waals surface area contributed by atoms with E-state index in [1.807, 2.05) is 0 Å². The highest BCUT2D eigenvalue weighted by Gasteiger charge is 2.42. The lowest BCUT2D eigenvalue weighted by atomic mass is 9.84. The third kappa shape index (κ3) is 3.93. The van der Waals surface area contributed by atoms with Crippen molar-refractivity contribution in [2.24, 2.45) is 5.92 Å². The first kappa shape index (κ1) is 15.3. The summed E-state index contributed by atoms with van der Waals surface area (Å²) in [6.07, 6.45) is 9.11. The van der Waals surface area contributed by atoms with Crippen LogP contribution in [0.5, 0.6) is 0 Å². The molecule has 3 nitrogen and oxygen atoms in total. The van der Waals surface area contributed by atoms with Crippen LogP contribution in [0.3, 0.4) is 0 Å². The molecule has 2 unspecified atom stereocenters. The van der Waals surface area contributed by atoms with E-state index in [-0.39, 0.29) is 5.54 Å². The lowest BCUT2D eigenvalue weighted by Gasteiger charge is -2.38. The van der Waals surface area contributed by atoms with Crippen LogP contribution >= 0.6 is 0 Å². The normalized spacial score (nSPS) is 33.2. The summed E-state index contributed by atoms with van der Waals surface area (Å²) in [5.74, 6) is 0.654. The van der Waals surface area contributed by atoms with Crippen molar-refractivity contribution in [2.45, 2.75) is 70.4 Å². The number of piperidine rings is 1. The zero-order chi connectivity index (χ0) is 13.7. The molecule has 2 atom stereocenters. The maximum atomic E-state index is 9.90. The molecule has 0 bridgehead atoms. The van der Waals surface area contributed by atoms with Crippen molar-refractivity contribution in [3.05, 3.63) is 0 Å². The van der Waals surface area contributed by atoms with Crippen LogP contribution in [-0.4, -0.2) is 47.8 Å². The van der Waals surface area contributed by atoms with E-state index in [1.165, 1.54) is 58.2 Å². The molecule has 0 spiro atoms. The summed E-state index contributed by atoms with van der Waals surface area (Å²) in [7, 11) is 0. The molecule has 1 aliphatic heterocycles. The Morgan fingerprint density at radius 1 is 1.21 bits per heavy atom. The fourth-order valence-corrected chi connectivity index (χ4v) is 4.11. The number of nitrogens with one attached hydrogen (secondary N) is 1. The molecule has 2 aliphatic rings. The third-order valence-electron chi connectivity index (χ3n) is 5.06. The molecule has 0 aromatic rings. The van der Waals surface area contributed by atoms with Crippen LogP contribution in [-0.2, 0) is 0 Å². The lowest BCUT2D eigenvalue weighted by Crippen LogP contribution is -2.54. The predicted molar refractivity (Wildman–Crippen MR) is 80.3 cm³/mol. The van der Waals surface area contributed by atoms with Crippen molar-refractivity contribution in [3.63, 3.8) is 0 Å². The Morgan fingerprint density at radius 3 is 2.58 bits per heavy atom. The van der Waals surface area contributed by atoms with Gasteiger partial charge in [0.05, 0.1) is 6.61 Å². The molecule has 19 heavy (non-hydrogen) atoms. The van der Waals surface area contributed by atoms with Crippen LogP contribution in [0.4, 0.5) is 0 Å². The van der Waals surface area contributed by atoms with E-state index < -0.39 is 0 Å². The zero-order valence-electron chi connectivity index (χ0n) is 12.8. The standard InChI is InChI=1S/C16H32N2O/c1-14(2)17-16(13-19)9-6-7-15(16)8-12-18-10-4-3-5-11-18/h14-15,17,19H,3-13H2,1-2H3. The van der Waals surface area contributed by atoms with Gasteiger partial charge in [-0.05, 0) is 57.7 Å². The Bertz CT molecular complexity index is 263. The largest absolute Gasteiger partial charge is 0.394 e. The van der Waals surface area contributed by atoms with Gasteiger partial charge < -0.3 is 15.3 Å². The molecule has 2 rings (SSSR count). The number of hydrogen-bond acceptors (Lipinski definition) is 3. The third-order valence-corrected chi connectivity index (χ3v) is 5.06. The van der Waals surface area contributed by atoms with Gasteiger partial charge in [0.1, 0.15) is 0 Å². The first-order chi connectivity index (χ1) is 9.16. The van der Waals surface area contributed by atoms with E-state index in [2.05, 4.69) is 24.1 Å². The molecule has 1 saturated heterocycles. The highest BCUT2D eigenvalue weighted by Crippen LogP contribution is 2.38. The van der Waals surface area contributed by atoms with Gasteiger partial charge in [-0.25, -0.2) is 0 Å². The minimum Gasteiger partial charge on any atom is -0.394 e. The molecule has 2 N–H and O–H groups in total. The number of aliphatic hydroxyl groups is 1. The molecule has 1 heterocycles. The minimum absolute atomic E-state index is 0.00392. The zero-order valence-corrected chi connectivity index (χ0v) is 12.8. The summed E-state index contributed by atoms with van der Waals surface area (Å²) in [6, 6.07) is 0.461. The molecule has 0 aromatic carbocycles. The molecule has 3 heteroatoms. The van der Waals surface area contributed by atoms with Crippen LogP contribution in [0.15, 0.2) is 0 Å². The predicted octanol–water partition coefficient (Wildman–Crippen LogP) is 2.39. The van der Waals surface area contributed by atoms with Crippen LogP contribution in [0, 0.1) is 5.92 Å². The van der Waals surface area contributed by atoms with Gasteiger partial charge >= 0.3 is 0 Å². The van der Waals surface area contributed by atoms with Gasteiger partial charge in [-0.1, -0.05) is 26.7 Å². The summed E-state index contributed by atoms with van der Waals surface area (Å²) in [5.41, 5.74) is 0.00392. The van der Waals surface area contributed by atoms with Gasteiger partial charge in [-0.15, -0.1) is 0 Å². The minimum atomic E-state index is 0.00392. The van der Waals surface area contributed by atoms with Crippen molar-refractivity contribution in [1.29, 1.82) is 0 Å². The van der Waals surface area contributed by atoms with Crippen LogP contribution < -0.4 is 5.32 Å². The highest BCUT2D eigenvalue weighted by molar-refractivity contribution is 5.00. The first-order valence-electron chi connectivity index (χ1n) is 8.27. The number of aliphatic hydroxyl groups excluding tert-OH is 1. The Morgan fingerprint density at radius 2 is 1.95 bits per heavy atom. The highest BCUT2D eigenvalue weighted by atomic mass is 16.3. The Kier molecular flexibility index (Phi) is 5.67.